The number of fused-ring (bicyclic) bond motifs is 1. The molecule has 3 heteroatoms. The van der Waals surface area contributed by atoms with Crippen LogP contribution in [-0.4, -0.2) is 5.91 Å². The number of amides is 1. The van der Waals surface area contributed by atoms with Crippen molar-refractivity contribution in [2.24, 2.45) is 0 Å². The summed E-state index contributed by atoms with van der Waals surface area (Å²) in [7, 11) is 0. The van der Waals surface area contributed by atoms with Gasteiger partial charge in [-0.1, -0.05) is 6.07 Å². The van der Waals surface area contributed by atoms with Crippen molar-refractivity contribution in [1.29, 1.82) is 0 Å². The average molecular weight is 377 g/mol. The molecule has 0 fully saturated rings. The van der Waals surface area contributed by atoms with Crippen LogP contribution in [0.2, 0.25) is 0 Å². The van der Waals surface area contributed by atoms with Gasteiger partial charge in [-0.05, 0) is 95.8 Å². The van der Waals surface area contributed by atoms with Crippen LogP contribution in [0, 0.1) is 3.57 Å². The monoisotopic (exact) mass is 377 g/mol. The standard InChI is InChI=1S/C17H16INO/c18-15-7-9-16(10-8-15)19-17(20)14-6-5-12-3-1-2-4-13(12)11-14/h5-11H,1-4H2,(H,19,20). The largest absolute Gasteiger partial charge is 0.322 e. The fourth-order valence-corrected chi connectivity index (χ4v) is 2.97. The third kappa shape index (κ3) is 3.03. The SMILES string of the molecule is O=C(Nc1ccc(I)cc1)c1ccc2c(c1)CCCC2. The Bertz CT molecular complexity index is 634. The molecule has 2 nitrogen and oxygen atoms in total. The molecule has 3 rings (SSSR count). The van der Waals surface area contributed by atoms with E-state index in [-0.39, 0.29) is 5.91 Å². The van der Waals surface area contributed by atoms with Crippen LogP contribution in [-0.2, 0) is 12.8 Å². The highest BCUT2D eigenvalue weighted by Crippen LogP contribution is 2.22. The average Bonchev–Trinajstić information content (AvgIpc) is 2.49. The molecule has 0 heterocycles. The van der Waals surface area contributed by atoms with E-state index in [4.69, 9.17) is 0 Å². The molecule has 0 aliphatic heterocycles. The van der Waals surface area contributed by atoms with Gasteiger partial charge in [-0.2, -0.15) is 0 Å². The molecule has 1 N–H and O–H groups in total. The predicted molar refractivity (Wildman–Crippen MR) is 90.2 cm³/mol. The highest BCUT2D eigenvalue weighted by Gasteiger charge is 2.12. The van der Waals surface area contributed by atoms with Crippen molar-refractivity contribution in [1.82, 2.24) is 0 Å². The zero-order valence-electron chi connectivity index (χ0n) is 11.2. The summed E-state index contributed by atoms with van der Waals surface area (Å²) < 4.78 is 1.16. The number of nitrogens with one attached hydrogen (secondary N) is 1. The van der Waals surface area contributed by atoms with Crippen LogP contribution in [0.5, 0.6) is 0 Å². The summed E-state index contributed by atoms with van der Waals surface area (Å²) in [4.78, 5) is 12.3. The lowest BCUT2D eigenvalue weighted by atomic mass is 9.90. The van der Waals surface area contributed by atoms with E-state index in [2.05, 4.69) is 40.0 Å². The minimum Gasteiger partial charge on any atom is -0.322 e. The third-order valence-electron chi connectivity index (χ3n) is 3.71. The van der Waals surface area contributed by atoms with Gasteiger partial charge in [0.2, 0.25) is 0 Å². The number of carbonyl (C=O) groups excluding carboxylic acids is 1. The number of halogens is 1. The molecule has 0 bridgehead atoms. The van der Waals surface area contributed by atoms with Crippen molar-refractivity contribution < 1.29 is 4.79 Å². The molecular formula is C17H16INO. The second-order valence-corrected chi connectivity index (χ2v) is 6.40. The molecule has 0 unspecified atom stereocenters. The van der Waals surface area contributed by atoms with Crippen LogP contribution in [0.15, 0.2) is 42.5 Å². The first-order valence-electron chi connectivity index (χ1n) is 6.91. The molecule has 0 radical (unpaired) electrons. The molecule has 1 aliphatic carbocycles. The van der Waals surface area contributed by atoms with Crippen molar-refractivity contribution in [3.63, 3.8) is 0 Å². The number of benzene rings is 2. The molecule has 1 amide bonds. The lowest BCUT2D eigenvalue weighted by Gasteiger charge is -2.16. The Kier molecular flexibility index (Phi) is 4.05. The van der Waals surface area contributed by atoms with Gasteiger partial charge in [0.1, 0.15) is 0 Å². The minimum absolute atomic E-state index is 0.0282. The van der Waals surface area contributed by atoms with E-state index in [1.165, 1.54) is 24.0 Å². The molecule has 20 heavy (non-hydrogen) atoms. The van der Waals surface area contributed by atoms with Gasteiger partial charge in [0.15, 0.2) is 0 Å². The lowest BCUT2D eigenvalue weighted by molar-refractivity contribution is 0.102. The van der Waals surface area contributed by atoms with Gasteiger partial charge in [-0.15, -0.1) is 0 Å². The molecule has 2 aromatic carbocycles. The van der Waals surface area contributed by atoms with Crippen LogP contribution in [0.3, 0.4) is 0 Å². The minimum atomic E-state index is -0.0282. The molecule has 102 valence electrons. The van der Waals surface area contributed by atoms with Crippen LogP contribution in [0.4, 0.5) is 5.69 Å². The number of hydrogen-bond acceptors (Lipinski definition) is 1. The van der Waals surface area contributed by atoms with Gasteiger partial charge in [0, 0.05) is 14.8 Å². The van der Waals surface area contributed by atoms with Crippen molar-refractivity contribution >= 4 is 34.2 Å². The first kappa shape index (κ1) is 13.6. The second-order valence-electron chi connectivity index (χ2n) is 5.15. The van der Waals surface area contributed by atoms with Crippen LogP contribution in [0.25, 0.3) is 0 Å². The van der Waals surface area contributed by atoms with Crippen molar-refractivity contribution in [3.8, 4) is 0 Å². The quantitative estimate of drug-likeness (QED) is 0.772. The maximum atomic E-state index is 12.3. The predicted octanol–water partition coefficient (Wildman–Crippen LogP) is 4.42. The van der Waals surface area contributed by atoms with E-state index in [0.717, 1.165) is 27.7 Å². The van der Waals surface area contributed by atoms with E-state index in [1.54, 1.807) is 0 Å². The summed E-state index contributed by atoms with van der Waals surface area (Å²) >= 11 is 2.25. The van der Waals surface area contributed by atoms with Gasteiger partial charge in [0.25, 0.3) is 5.91 Å². The Morgan fingerprint density at radius 1 is 0.950 bits per heavy atom. The van der Waals surface area contributed by atoms with Gasteiger partial charge < -0.3 is 5.32 Å². The number of anilines is 1. The zero-order valence-corrected chi connectivity index (χ0v) is 13.3. The smallest absolute Gasteiger partial charge is 0.255 e. The maximum absolute atomic E-state index is 12.3. The number of rotatable bonds is 2. The molecule has 0 aromatic heterocycles. The van der Waals surface area contributed by atoms with E-state index < -0.39 is 0 Å². The fourth-order valence-electron chi connectivity index (χ4n) is 2.61. The molecule has 0 saturated heterocycles. The summed E-state index contributed by atoms with van der Waals surface area (Å²) in [5, 5.41) is 2.95. The number of aryl methyl sites for hydroxylation is 2. The second kappa shape index (κ2) is 5.95. The first-order valence-corrected chi connectivity index (χ1v) is 7.99. The Morgan fingerprint density at radius 2 is 1.65 bits per heavy atom. The topological polar surface area (TPSA) is 29.1 Å². The normalized spacial score (nSPS) is 13.7. The summed E-state index contributed by atoms with van der Waals surface area (Å²) in [6.07, 6.45) is 4.74. The molecule has 0 spiro atoms. The highest BCUT2D eigenvalue weighted by molar-refractivity contribution is 14.1. The Hall–Kier alpha value is -1.36. The maximum Gasteiger partial charge on any atom is 0.255 e. The van der Waals surface area contributed by atoms with Crippen molar-refractivity contribution in [3.05, 3.63) is 62.7 Å². The van der Waals surface area contributed by atoms with Crippen LogP contribution in [0.1, 0.15) is 34.3 Å². The summed E-state index contributed by atoms with van der Waals surface area (Å²) in [6.45, 7) is 0. The third-order valence-corrected chi connectivity index (χ3v) is 4.43. The van der Waals surface area contributed by atoms with Crippen LogP contribution < -0.4 is 5.32 Å². The Morgan fingerprint density at radius 3 is 2.40 bits per heavy atom. The van der Waals surface area contributed by atoms with E-state index in [0.29, 0.717) is 0 Å². The summed E-state index contributed by atoms with van der Waals surface area (Å²) in [5.74, 6) is -0.0282. The molecule has 0 atom stereocenters. The number of hydrogen-bond donors (Lipinski definition) is 1. The van der Waals surface area contributed by atoms with Gasteiger partial charge >= 0.3 is 0 Å². The highest BCUT2D eigenvalue weighted by atomic mass is 127. The first-order chi connectivity index (χ1) is 9.72. The molecular weight excluding hydrogens is 361 g/mol. The van der Waals surface area contributed by atoms with Gasteiger partial charge in [-0.25, -0.2) is 0 Å². The van der Waals surface area contributed by atoms with Crippen LogP contribution >= 0.6 is 22.6 Å². The lowest BCUT2D eigenvalue weighted by Crippen LogP contribution is -2.13. The van der Waals surface area contributed by atoms with Gasteiger partial charge in [-0.3, -0.25) is 4.79 Å². The Labute approximate surface area is 132 Å². The zero-order chi connectivity index (χ0) is 13.9. The van der Waals surface area contributed by atoms with E-state index in [1.807, 2.05) is 30.3 Å². The summed E-state index contributed by atoms with van der Waals surface area (Å²) in [6, 6.07) is 13.9. The fraction of sp³-hybridized carbons (Fsp3) is 0.235. The van der Waals surface area contributed by atoms with Crippen molar-refractivity contribution in [2.75, 3.05) is 5.32 Å². The van der Waals surface area contributed by atoms with E-state index in [9.17, 15) is 4.79 Å². The van der Waals surface area contributed by atoms with Crippen molar-refractivity contribution in [2.45, 2.75) is 25.7 Å². The number of carbonyl (C=O) groups is 1. The Balaban J connectivity index is 1.78. The molecule has 0 saturated carbocycles. The molecule has 1 aliphatic rings. The van der Waals surface area contributed by atoms with Gasteiger partial charge in [0.05, 0.1) is 0 Å². The molecule has 2 aromatic rings. The van der Waals surface area contributed by atoms with E-state index >= 15 is 0 Å². The summed E-state index contributed by atoms with van der Waals surface area (Å²) in [5.41, 5.74) is 4.34.